The van der Waals surface area contributed by atoms with Crippen molar-refractivity contribution in [3.63, 3.8) is 0 Å². The van der Waals surface area contributed by atoms with E-state index in [1.165, 1.54) is 75.5 Å². The first-order valence-electron chi connectivity index (χ1n) is 14.1. The van der Waals surface area contributed by atoms with Crippen molar-refractivity contribution in [3.05, 3.63) is 53.1 Å². The fourth-order valence-corrected chi connectivity index (χ4v) is 7.53. The third kappa shape index (κ3) is 8.30. The summed E-state index contributed by atoms with van der Waals surface area (Å²) in [6, 6.07) is 9.84. The molecule has 0 radical (unpaired) electrons. The van der Waals surface area contributed by atoms with E-state index in [-0.39, 0.29) is 27.4 Å². The van der Waals surface area contributed by atoms with Gasteiger partial charge in [0.05, 0.1) is 0 Å². The molecule has 0 atom stereocenters. The normalized spacial score (nSPS) is 17.2. The van der Waals surface area contributed by atoms with Crippen LogP contribution in [0.2, 0.25) is 0 Å². The van der Waals surface area contributed by atoms with Gasteiger partial charge in [0.15, 0.2) is 0 Å². The van der Waals surface area contributed by atoms with Crippen LogP contribution in [0.3, 0.4) is 0 Å². The molecule has 0 spiro atoms. The highest BCUT2D eigenvalue weighted by Gasteiger charge is 2.27. The highest BCUT2D eigenvalue weighted by molar-refractivity contribution is 7.87. The summed E-state index contributed by atoms with van der Waals surface area (Å²) in [5.41, 5.74) is 1.81. The van der Waals surface area contributed by atoms with Crippen molar-refractivity contribution < 1.29 is 25.6 Å². The molecule has 0 heterocycles. The van der Waals surface area contributed by atoms with Gasteiger partial charge >= 0.3 is 10.1 Å². The van der Waals surface area contributed by atoms with Crippen molar-refractivity contribution in [2.24, 2.45) is 0 Å². The van der Waals surface area contributed by atoms with Crippen molar-refractivity contribution in [2.75, 3.05) is 0 Å². The lowest BCUT2D eigenvalue weighted by Gasteiger charge is -2.20. The van der Waals surface area contributed by atoms with Crippen LogP contribution in [0.15, 0.2) is 46.2 Å². The van der Waals surface area contributed by atoms with Gasteiger partial charge in [0.25, 0.3) is 10.1 Å². The second kappa shape index (κ2) is 13.4. The van der Waals surface area contributed by atoms with Crippen LogP contribution in [0.4, 0.5) is 0 Å². The van der Waals surface area contributed by atoms with E-state index in [2.05, 4.69) is 0 Å². The topological polar surface area (TPSA) is 97.7 Å². The highest BCUT2D eigenvalue weighted by Crippen LogP contribution is 2.37. The maximum atomic E-state index is 13.2. The summed E-state index contributed by atoms with van der Waals surface area (Å²) in [6.07, 6.45) is 13.7. The largest absolute Gasteiger partial charge is 0.379 e. The molecule has 0 unspecified atom stereocenters. The fraction of sp³-hybridized carbons (Fsp3) is 0.600. The number of benzene rings is 2. The summed E-state index contributed by atoms with van der Waals surface area (Å²) in [6.45, 7) is 7.14. The molecule has 1 aliphatic rings. The second-order valence-electron chi connectivity index (χ2n) is 11.3. The van der Waals surface area contributed by atoms with E-state index < -0.39 is 20.2 Å². The molecule has 0 aliphatic heterocycles. The van der Waals surface area contributed by atoms with Crippen molar-refractivity contribution in [3.8, 4) is 5.75 Å². The summed E-state index contributed by atoms with van der Waals surface area (Å²) >= 11 is 0. The van der Waals surface area contributed by atoms with Crippen molar-refractivity contribution >= 4 is 20.2 Å². The van der Waals surface area contributed by atoms with Gasteiger partial charge in [0.1, 0.15) is 15.5 Å². The Morgan fingerprint density at radius 3 is 1.53 bits per heavy atom. The Balaban J connectivity index is 1.85. The lowest BCUT2D eigenvalue weighted by Crippen LogP contribution is -2.14. The van der Waals surface area contributed by atoms with E-state index in [4.69, 9.17) is 4.18 Å². The molecule has 1 aliphatic carbocycles. The fourth-order valence-electron chi connectivity index (χ4n) is 5.43. The third-order valence-corrected chi connectivity index (χ3v) is 9.82. The zero-order valence-corrected chi connectivity index (χ0v) is 24.9. The summed E-state index contributed by atoms with van der Waals surface area (Å²) in [7, 11) is -8.64. The molecule has 38 heavy (non-hydrogen) atoms. The van der Waals surface area contributed by atoms with Gasteiger partial charge in [-0.05, 0) is 71.6 Å². The Kier molecular flexibility index (Phi) is 10.8. The molecule has 212 valence electrons. The van der Waals surface area contributed by atoms with Crippen LogP contribution in [0, 0.1) is 0 Å². The van der Waals surface area contributed by atoms with E-state index in [0.29, 0.717) is 17.0 Å². The van der Waals surface area contributed by atoms with Crippen LogP contribution >= 0.6 is 0 Å². The number of hydrogen-bond acceptors (Lipinski definition) is 5. The van der Waals surface area contributed by atoms with Crippen LogP contribution in [0.5, 0.6) is 5.75 Å². The molecule has 0 saturated heterocycles. The second-order valence-corrected chi connectivity index (χ2v) is 14.2. The van der Waals surface area contributed by atoms with Gasteiger partial charge in [-0.2, -0.15) is 16.8 Å². The van der Waals surface area contributed by atoms with E-state index in [0.717, 1.165) is 12.8 Å². The van der Waals surface area contributed by atoms with E-state index in [1.807, 2.05) is 12.1 Å². The minimum Gasteiger partial charge on any atom is -0.379 e. The van der Waals surface area contributed by atoms with Crippen molar-refractivity contribution in [1.29, 1.82) is 0 Å². The molecule has 1 fully saturated rings. The lowest BCUT2D eigenvalue weighted by molar-refractivity contribution is 0.467. The summed E-state index contributed by atoms with van der Waals surface area (Å²) in [5.74, 6) is -0.0858. The summed E-state index contributed by atoms with van der Waals surface area (Å²) < 4.78 is 66.1. The van der Waals surface area contributed by atoms with Gasteiger partial charge in [0.2, 0.25) is 0 Å². The van der Waals surface area contributed by atoms with E-state index in [1.54, 1.807) is 39.8 Å². The van der Waals surface area contributed by atoms with E-state index in [9.17, 15) is 21.4 Å². The molecule has 1 N–H and O–H groups in total. The first kappa shape index (κ1) is 30.6. The van der Waals surface area contributed by atoms with E-state index >= 15 is 0 Å². The van der Waals surface area contributed by atoms with Crippen LogP contribution < -0.4 is 4.18 Å². The minimum atomic E-state index is -4.50. The number of rotatable bonds is 7. The predicted octanol–water partition coefficient (Wildman–Crippen LogP) is 8.34. The SMILES string of the molecule is CC(C)c1cc(OS(=O)(=O)c2ccc(C3CCCCCCCCCCC3)cc2)cc(C(C)C)c1S(=O)(=O)O. The quantitative estimate of drug-likeness (QED) is 0.268. The zero-order chi connectivity index (χ0) is 27.9. The van der Waals surface area contributed by atoms with Crippen molar-refractivity contribution in [2.45, 2.75) is 126 Å². The Hall–Kier alpha value is -1.90. The Bertz CT molecular complexity index is 1220. The molecule has 3 rings (SSSR count). The molecule has 2 aromatic rings. The maximum absolute atomic E-state index is 13.2. The van der Waals surface area contributed by atoms with Gasteiger partial charge < -0.3 is 4.18 Å². The monoisotopic (exact) mass is 564 g/mol. The third-order valence-electron chi connectivity index (χ3n) is 7.57. The maximum Gasteiger partial charge on any atom is 0.339 e. The van der Waals surface area contributed by atoms with Crippen LogP contribution in [-0.2, 0) is 20.2 Å². The molecule has 0 amide bonds. The molecule has 2 aromatic carbocycles. The van der Waals surface area contributed by atoms with Crippen LogP contribution in [0.25, 0.3) is 0 Å². The van der Waals surface area contributed by atoms with Gasteiger partial charge in [-0.3, -0.25) is 4.55 Å². The first-order chi connectivity index (χ1) is 17.9. The van der Waals surface area contributed by atoms with Gasteiger partial charge in [0, 0.05) is 0 Å². The smallest absolute Gasteiger partial charge is 0.339 e. The van der Waals surface area contributed by atoms with Crippen LogP contribution in [0.1, 0.15) is 133 Å². The molecular weight excluding hydrogens is 520 g/mol. The molecule has 0 aromatic heterocycles. The standard InChI is InChI=1S/C30H44O6S2/c1-22(2)28-20-26(21-29(23(3)4)30(28)37(31,32)33)36-38(34,35)27-18-16-25(17-19-27)24-14-12-10-8-6-5-7-9-11-13-15-24/h16-24H,5-15H2,1-4H3,(H,31,32,33). The Morgan fingerprint density at radius 1 is 0.711 bits per heavy atom. The minimum absolute atomic E-state index is 0.0354. The molecule has 0 bridgehead atoms. The predicted molar refractivity (Wildman–Crippen MR) is 152 cm³/mol. The summed E-state index contributed by atoms with van der Waals surface area (Å²) in [5, 5.41) is 0. The number of hydrogen-bond donors (Lipinski definition) is 1. The first-order valence-corrected chi connectivity index (χ1v) is 16.9. The lowest BCUT2D eigenvalue weighted by atomic mass is 9.87. The highest BCUT2D eigenvalue weighted by atomic mass is 32.2. The molecule has 8 heteroatoms. The summed E-state index contributed by atoms with van der Waals surface area (Å²) in [4.78, 5) is -0.112. The van der Waals surface area contributed by atoms with Gasteiger partial charge in [-0.25, -0.2) is 0 Å². The molecule has 1 saturated carbocycles. The van der Waals surface area contributed by atoms with Gasteiger partial charge in [-0.15, -0.1) is 0 Å². The Morgan fingerprint density at radius 2 is 1.13 bits per heavy atom. The average Bonchev–Trinajstić information content (AvgIpc) is 2.83. The van der Waals surface area contributed by atoms with Crippen LogP contribution in [-0.4, -0.2) is 21.4 Å². The molecular formula is C30H44O6S2. The van der Waals surface area contributed by atoms with Crippen molar-refractivity contribution in [1.82, 2.24) is 0 Å². The molecule has 6 nitrogen and oxygen atoms in total. The zero-order valence-electron chi connectivity index (χ0n) is 23.3. The Labute approximate surface area is 230 Å². The van der Waals surface area contributed by atoms with Gasteiger partial charge in [-0.1, -0.05) is 97.6 Å². The average molecular weight is 565 g/mol.